The molecule has 1 amide bonds. The zero-order chi connectivity index (χ0) is 9.68. The summed E-state index contributed by atoms with van der Waals surface area (Å²) >= 11 is 0. The number of nitrogens with one attached hydrogen (secondary N) is 1. The first-order valence-corrected chi connectivity index (χ1v) is 4.19. The van der Waals surface area contributed by atoms with Crippen molar-refractivity contribution in [2.75, 3.05) is 6.54 Å². The maximum Gasteiger partial charge on any atom is 0.450 e. The third-order valence-corrected chi connectivity index (χ3v) is 1.92. The van der Waals surface area contributed by atoms with Crippen molar-refractivity contribution in [2.45, 2.75) is 13.3 Å². The van der Waals surface area contributed by atoms with Gasteiger partial charge < -0.3 is 5.32 Å². The third kappa shape index (κ3) is 3.15. The molecule has 1 aromatic carbocycles. The molecule has 0 bridgehead atoms. The van der Waals surface area contributed by atoms with Crippen LogP contribution < -0.4 is 5.32 Å². The van der Waals surface area contributed by atoms with E-state index in [4.69, 9.17) is 0 Å². The second-order valence-corrected chi connectivity index (χ2v) is 2.89. The molecule has 0 aliphatic rings. The normalized spacial score (nSPS) is 9.62. The van der Waals surface area contributed by atoms with Gasteiger partial charge in [-0.1, -0.05) is 24.3 Å². The molecule has 1 rings (SSSR count). The van der Waals surface area contributed by atoms with Crippen molar-refractivity contribution in [3.63, 3.8) is 0 Å². The average molecular weight is 178 g/mol. The van der Waals surface area contributed by atoms with Crippen LogP contribution in [0.5, 0.6) is 0 Å². The summed E-state index contributed by atoms with van der Waals surface area (Å²) in [7, 11) is 0. The lowest BCUT2D eigenvalue weighted by atomic mass is 10.1. The van der Waals surface area contributed by atoms with Gasteiger partial charge in [0.1, 0.15) is 0 Å². The molecular formula is C10H12NO2. The Morgan fingerprint density at radius 2 is 2.08 bits per heavy atom. The van der Waals surface area contributed by atoms with Crippen molar-refractivity contribution >= 4 is 6.09 Å². The number of amides is 1. The van der Waals surface area contributed by atoms with E-state index in [1.807, 2.05) is 31.2 Å². The highest BCUT2D eigenvalue weighted by atomic mass is 16.4. The monoisotopic (exact) mass is 178 g/mol. The molecule has 0 aromatic heterocycles. The fraction of sp³-hybridized carbons (Fsp3) is 0.300. The van der Waals surface area contributed by atoms with Crippen LogP contribution in [0.4, 0.5) is 4.79 Å². The first kappa shape index (κ1) is 9.58. The van der Waals surface area contributed by atoms with Crippen molar-refractivity contribution in [1.29, 1.82) is 0 Å². The lowest BCUT2D eigenvalue weighted by Crippen LogP contribution is -2.22. The van der Waals surface area contributed by atoms with Crippen LogP contribution in [-0.2, 0) is 11.5 Å². The van der Waals surface area contributed by atoms with Crippen LogP contribution in [0.2, 0.25) is 0 Å². The molecule has 1 radical (unpaired) electrons. The number of carbonyl (C=O) groups is 1. The van der Waals surface area contributed by atoms with Gasteiger partial charge in [-0.15, -0.1) is 0 Å². The molecule has 0 saturated carbocycles. The van der Waals surface area contributed by atoms with Crippen molar-refractivity contribution in [2.24, 2.45) is 0 Å². The van der Waals surface area contributed by atoms with E-state index < -0.39 is 6.09 Å². The molecule has 0 heterocycles. The first-order chi connectivity index (χ1) is 6.20. The molecule has 0 fully saturated rings. The minimum atomic E-state index is -1.21. The van der Waals surface area contributed by atoms with Gasteiger partial charge in [-0.05, 0) is 24.5 Å². The lowest BCUT2D eigenvalue weighted by Gasteiger charge is -2.03. The number of benzene rings is 1. The van der Waals surface area contributed by atoms with E-state index in [0.29, 0.717) is 13.0 Å². The fourth-order valence-electron chi connectivity index (χ4n) is 1.19. The predicted molar refractivity (Wildman–Crippen MR) is 49.0 cm³/mol. The minimum absolute atomic E-state index is 0.410. The van der Waals surface area contributed by atoms with Gasteiger partial charge >= 0.3 is 6.09 Å². The van der Waals surface area contributed by atoms with Gasteiger partial charge in [-0.2, -0.15) is 0 Å². The molecule has 3 heteroatoms. The van der Waals surface area contributed by atoms with E-state index >= 15 is 0 Å². The number of carbonyl (C=O) groups excluding carboxylic acids is 1. The van der Waals surface area contributed by atoms with Crippen molar-refractivity contribution in [3.8, 4) is 0 Å². The van der Waals surface area contributed by atoms with Gasteiger partial charge in [0.05, 0.1) is 0 Å². The van der Waals surface area contributed by atoms with Crippen LogP contribution in [0.3, 0.4) is 0 Å². The van der Waals surface area contributed by atoms with E-state index in [1.54, 1.807) is 0 Å². The molecule has 69 valence electrons. The maximum absolute atomic E-state index is 10.1. The van der Waals surface area contributed by atoms with Crippen LogP contribution in [0.25, 0.3) is 0 Å². The van der Waals surface area contributed by atoms with E-state index in [2.05, 4.69) is 5.32 Å². The highest BCUT2D eigenvalue weighted by Gasteiger charge is 1.99. The third-order valence-electron chi connectivity index (χ3n) is 1.92. The van der Waals surface area contributed by atoms with Crippen molar-refractivity contribution < 1.29 is 9.90 Å². The number of hydrogen-bond donors (Lipinski definition) is 1. The van der Waals surface area contributed by atoms with Gasteiger partial charge in [0.25, 0.3) is 0 Å². The predicted octanol–water partition coefficient (Wildman–Crippen LogP) is 1.68. The topological polar surface area (TPSA) is 49.0 Å². The highest BCUT2D eigenvalue weighted by Crippen LogP contribution is 2.06. The number of aryl methyl sites for hydroxylation is 1. The van der Waals surface area contributed by atoms with Crippen LogP contribution in [0, 0.1) is 6.92 Å². The summed E-state index contributed by atoms with van der Waals surface area (Å²) in [5.74, 6) is 0. The number of hydrogen-bond acceptors (Lipinski definition) is 1. The van der Waals surface area contributed by atoms with Crippen molar-refractivity contribution in [3.05, 3.63) is 35.4 Å². The first-order valence-electron chi connectivity index (χ1n) is 4.19. The molecule has 13 heavy (non-hydrogen) atoms. The molecule has 0 aliphatic carbocycles. The Hall–Kier alpha value is -1.51. The molecular weight excluding hydrogens is 166 g/mol. The average Bonchev–Trinajstić information content (AvgIpc) is 2.08. The minimum Gasteiger partial charge on any atom is -0.318 e. The largest absolute Gasteiger partial charge is 0.450 e. The second-order valence-electron chi connectivity index (χ2n) is 2.89. The lowest BCUT2D eigenvalue weighted by molar-refractivity contribution is 0.169. The number of rotatable bonds is 3. The van der Waals surface area contributed by atoms with Gasteiger partial charge in [0.15, 0.2) is 0 Å². The molecule has 0 atom stereocenters. The van der Waals surface area contributed by atoms with E-state index in [9.17, 15) is 9.90 Å². The van der Waals surface area contributed by atoms with Crippen molar-refractivity contribution in [1.82, 2.24) is 5.32 Å². The summed E-state index contributed by atoms with van der Waals surface area (Å²) in [5.41, 5.74) is 2.35. The highest BCUT2D eigenvalue weighted by molar-refractivity contribution is 5.63. The zero-order valence-corrected chi connectivity index (χ0v) is 7.54. The molecule has 0 unspecified atom stereocenters. The van der Waals surface area contributed by atoms with E-state index in [0.717, 1.165) is 5.56 Å². The molecule has 1 N–H and O–H groups in total. The molecule has 0 saturated heterocycles. The Morgan fingerprint density at radius 3 is 2.69 bits per heavy atom. The van der Waals surface area contributed by atoms with Crippen LogP contribution in [0.1, 0.15) is 11.1 Å². The fourth-order valence-corrected chi connectivity index (χ4v) is 1.19. The SMILES string of the molecule is Cc1ccccc1CCNC([O])=O. The second kappa shape index (κ2) is 4.50. The summed E-state index contributed by atoms with van der Waals surface area (Å²) < 4.78 is 0. The molecule has 0 aliphatic heterocycles. The molecule has 0 spiro atoms. The summed E-state index contributed by atoms with van der Waals surface area (Å²) in [6.45, 7) is 2.42. The summed E-state index contributed by atoms with van der Waals surface area (Å²) in [6.07, 6.45) is -0.505. The molecule has 1 aromatic rings. The Morgan fingerprint density at radius 1 is 1.38 bits per heavy atom. The van der Waals surface area contributed by atoms with Crippen LogP contribution >= 0.6 is 0 Å². The zero-order valence-electron chi connectivity index (χ0n) is 7.54. The molecule has 3 nitrogen and oxygen atoms in total. The van der Waals surface area contributed by atoms with Crippen LogP contribution in [-0.4, -0.2) is 12.6 Å². The Kier molecular flexibility index (Phi) is 3.31. The van der Waals surface area contributed by atoms with Gasteiger partial charge in [0.2, 0.25) is 0 Å². The van der Waals surface area contributed by atoms with Crippen LogP contribution in [0.15, 0.2) is 24.3 Å². The standard InChI is InChI=1S/C10H12NO2/c1-8-4-2-3-5-9(8)6-7-11-10(12)13/h2-5,11H,6-7H2,1H3. The van der Waals surface area contributed by atoms with E-state index in [-0.39, 0.29) is 0 Å². The maximum atomic E-state index is 10.1. The van der Waals surface area contributed by atoms with E-state index in [1.165, 1.54) is 5.56 Å². The Bertz CT molecular complexity index is 297. The summed E-state index contributed by atoms with van der Waals surface area (Å²) in [6, 6.07) is 7.91. The van der Waals surface area contributed by atoms with Gasteiger partial charge in [-0.25, -0.2) is 9.90 Å². The Labute approximate surface area is 77.4 Å². The summed E-state index contributed by atoms with van der Waals surface area (Å²) in [4.78, 5) is 10.1. The quantitative estimate of drug-likeness (QED) is 0.752. The summed E-state index contributed by atoms with van der Waals surface area (Å²) in [5, 5.41) is 12.3. The Balaban J connectivity index is 2.45. The van der Waals surface area contributed by atoms with Gasteiger partial charge in [-0.3, -0.25) is 0 Å². The smallest absolute Gasteiger partial charge is 0.318 e. The van der Waals surface area contributed by atoms with Gasteiger partial charge in [0, 0.05) is 6.54 Å².